The molecule has 5 heteroatoms. The second-order valence-corrected chi connectivity index (χ2v) is 5.87. The van der Waals surface area contributed by atoms with Gasteiger partial charge in [-0.15, -0.1) is 0 Å². The van der Waals surface area contributed by atoms with Gasteiger partial charge in [0.2, 0.25) is 0 Å². The van der Waals surface area contributed by atoms with Gasteiger partial charge in [-0.25, -0.2) is 4.79 Å². The fourth-order valence-electron chi connectivity index (χ4n) is 2.90. The first-order chi connectivity index (χ1) is 11.8. The largest absolute Gasteiger partial charge is 0.424 e. The maximum absolute atomic E-state index is 12.0. The summed E-state index contributed by atoms with van der Waals surface area (Å²) >= 11 is 0. The van der Waals surface area contributed by atoms with Gasteiger partial charge in [0.05, 0.1) is 5.69 Å². The molecule has 1 unspecified atom stereocenters. The number of fused-ring (bicyclic) bond motifs is 1. The number of esters is 1. The van der Waals surface area contributed by atoms with Crippen molar-refractivity contribution < 1.29 is 18.8 Å². The highest BCUT2D eigenvalue weighted by molar-refractivity contribution is 5.83. The second-order valence-electron chi connectivity index (χ2n) is 5.87. The molecule has 1 fully saturated rings. The van der Waals surface area contributed by atoms with E-state index in [-0.39, 0.29) is 5.97 Å². The van der Waals surface area contributed by atoms with E-state index in [9.17, 15) is 4.79 Å². The molecule has 24 heavy (non-hydrogen) atoms. The molecular formula is C19H17NO4. The predicted octanol–water partition coefficient (Wildman–Crippen LogP) is 3.50. The van der Waals surface area contributed by atoms with E-state index in [1.807, 2.05) is 24.3 Å². The summed E-state index contributed by atoms with van der Waals surface area (Å²) < 4.78 is 16.1. The fourth-order valence-corrected chi connectivity index (χ4v) is 2.90. The number of hydrogen-bond acceptors (Lipinski definition) is 5. The molecular weight excluding hydrogens is 306 g/mol. The van der Waals surface area contributed by atoms with Crippen LogP contribution in [-0.2, 0) is 16.0 Å². The Kier molecular flexibility index (Phi) is 4.01. The molecule has 122 valence electrons. The van der Waals surface area contributed by atoms with E-state index in [2.05, 4.69) is 17.3 Å². The second kappa shape index (κ2) is 6.45. The molecule has 1 saturated heterocycles. The van der Waals surface area contributed by atoms with Crippen molar-refractivity contribution in [2.75, 3.05) is 6.61 Å². The Balaban J connectivity index is 1.53. The molecule has 0 N–H and O–H groups in total. The van der Waals surface area contributed by atoms with Gasteiger partial charge in [-0.3, -0.25) is 0 Å². The zero-order valence-electron chi connectivity index (χ0n) is 13.1. The number of aromatic nitrogens is 1. The highest BCUT2D eigenvalue weighted by Crippen LogP contribution is 2.26. The lowest BCUT2D eigenvalue weighted by atomic mass is 10.1. The molecule has 1 aliphatic rings. The first-order valence-electron chi connectivity index (χ1n) is 8.05. The van der Waals surface area contributed by atoms with Crippen LogP contribution in [0.5, 0.6) is 5.75 Å². The number of ether oxygens (including phenoxy) is 2. The third-order valence-electron chi connectivity index (χ3n) is 4.14. The first-order valence-corrected chi connectivity index (χ1v) is 8.05. The lowest BCUT2D eigenvalue weighted by Crippen LogP contribution is -2.24. The number of rotatable bonds is 4. The van der Waals surface area contributed by atoms with Crippen molar-refractivity contribution in [2.24, 2.45) is 0 Å². The topological polar surface area (TPSA) is 61.6 Å². The molecule has 0 saturated carbocycles. The lowest BCUT2D eigenvalue weighted by molar-refractivity contribution is -0.144. The van der Waals surface area contributed by atoms with Crippen molar-refractivity contribution in [1.82, 2.24) is 5.16 Å². The molecule has 4 rings (SSSR count). The average Bonchev–Trinajstić information content (AvgIpc) is 3.26. The number of benzene rings is 2. The highest BCUT2D eigenvalue weighted by atomic mass is 16.6. The summed E-state index contributed by atoms with van der Waals surface area (Å²) in [5.74, 6) is 0.0984. The van der Waals surface area contributed by atoms with E-state index in [0.29, 0.717) is 30.8 Å². The van der Waals surface area contributed by atoms with Crippen LogP contribution in [0.1, 0.15) is 24.1 Å². The minimum Gasteiger partial charge on any atom is -0.424 e. The van der Waals surface area contributed by atoms with Crippen molar-refractivity contribution in [3.63, 3.8) is 0 Å². The van der Waals surface area contributed by atoms with Crippen LogP contribution < -0.4 is 4.74 Å². The van der Waals surface area contributed by atoms with E-state index < -0.39 is 6.10 Å². The average molecular weight is 323 g/mol. The summed E-state index contributed by atoms with van der Waals surface area (Å²) in [6.07, 6.45) is 1.85. The van der Waals surface area contributed by atoms with Gasteiger partial charge < -0.3 is 14.0 Å². The summed E-state index contributed by atoms with van der Waals surface area (Å²) in [7, 11) is 0. The molecule has 2 heterocycles. The number of hydrogen-bond donors (Lipinski definition) is 0. The zero-order chi connectivity index (χ0) is 16.4. The Morgan fingerprint density at radius 3 is 2.88 bits per heavy atom. The summed E-state index contributed by atoms with van der Waals surface area (Å²) in [6.45, 7) is 0.615. The van der Waals surface area contributed by atoms with Gasteiger partial charge >= 0.3 is 5.97 Å². The number of carbonyl (C=O) groups is 1. The van der Waals surface area contributed by atoms with Crippen molar-refractivity contribution in [2.45, 2.75) is 25.4 Å². The maximum atomic E-state index is 12.0. The van der Waals surface area contributed by atoms with Crippen LogP contribution in [-0.4, -0.2) is 23.8 Å². The van der Waals surface area contributed by atoms with Gasteiger partial charge in [0.1, 0.15) is 5.75 Å². The molecule has 0 radical (unpaired) electrons. The number of nitrogens with zero attached hydrogens (tertiary/aromatic N) is 1. The van der Waals surface area contributed by atoms with E-state index in [1.54, 1.807) is 12.1 Å². The monoisotopic (exact) mass is 323 g/mol. The molecule has 5 nitrogen and oxygen atoms in total. The Morgan fingerprint density at radius 2 is 2.08 bits per heavy atom. The fraction of sp³-hybridized carbons (Fsp3) is 0.263. The molecule has 0 aliphatic carbocycles. The van der Waals surface area contributed by atoms with E-state index in [1.165, 1.54) is 5.56 Å². The molecule has 1 aliphatic heterocycles. The number of carbonyl (C=O) groups excluding carboxylic acids is 1. The van der Waals surface area contributed by atoms with Crippen molar-refractivity contribution in [1.29, 1.82) is 0 Å². The van der Waals surface area contributed by atoms with E-state index >= 15 is 0 Å². The molecule has 0 bridgehead atoms. The van der Waals surface area contributed by atoms with Gasteiger partial charge in [0, 0.05) is 24.5 Å². The summed E-state index contributed by atoms with van der Waals surface area (Å²) in [6, 6.07) is 15.4. The smallest absolute Gasteiger partial charge is 0.340 e. The van der Waals surface area contributed by atoms with Gasteiger partial charge in [0.15, 0.2) is 11.7 Å². The minimum atomic E-state index is -0.455. The van der Waals surface area contributed by atoms with Crippen LogP contribution in [0, 0.1) is 0 Å². The summed E-state index contributed by atoms with van der Waals surface area (Å²) in [5.41, 5.74) is 2.65. The van der Waals surface area contributed by atoms with Crippen LogP contribution in [0.15, 0.2) is 53.1 Å². The third-order valence-corrected chi connectivity index (χ3v) is 4.14. The summed E-state index contributed by atoms with van der Waals surface area (Å²) in [4.78, 5) is 12.0. The Morgan fingerprint density at radius 1 is 1.21 bits per heavy atom. The van der Waals surface area contributed by atoms with E-state index in [0.717, 1.165) is 17.5 Å². The van der Waals surface area contributed by atoms with Crippen LogP contribution in [0.2, 0.25) is 0 Å². The normalized spacial score (nSPS) is 17.2. The lowest BCUT2D eigenvalue weighted by Gasteiger charge is -2.08. The van der Waals surface area contributed by atoms with Gasteiger partial charge in [-0.2, -0.15) is 0 Å². The van der Waals surface area contributed by atoms with Crippen LogP contribution >= 0.6 is 0 Å². The minimum absolute atomic E-state index is 0.351. The predicted molar refractivity (Wildman–Crippen MR) is 87.9 cm³/mol. The van der Waals surface area contributed by atoms with Crippen LogP contribution in [0.3, 0.4) is 0 Å². The van der Waals surface area contributed by atoms with Gasteiger partial charge in [0.25, 0.3) is 0 Å². The standard InChI is InChI=1S/C19H17NO4/c21-19(17-7-4-10-22-17)23-14-8-9-15-16(20-24-18(15)12-14)11-13-5-2-1-3-6-13/h1-3,5-6,8-9,12,17H,4,7,10-11H2. The van der Waals surface area contributed by atoms with Crippen molar-refractivity contribution in [3.8, 4) is 5.75 Å². The Labute approximate surface area is 139 Å². The molecule has 1 aromatic heterocycles. The van der Waals surface area contributed by atoms with Gasteiger partial charge in [-0.05, 0) is 30.5 Å². The van der Waals surface area contributed by atoms with Crippen molar-refractivity contribution in [3.05, 3.63) is 59.8 Å². The molecule has 3 aromatic rings. The zero-order valence-corrected chi connectivity index (χ0v) is 13.1. The first kappa shape index (κ1) is 14.9. The Hall–Kier alpha value is -2.66. The molecule has 0 amide bonds. The quantitative estimate of drug-likeness (QED) is 0.543. The Bertz CT molecular complexity index is 850. The van der Waals surface area contributed by atoms with E-state index in [4.69, 9.17) is 14.0 Å². The molecule has 2 aromatic carbocycles. The maximum Gasteiger partial charge on any atom is 0.340 e. The summed E-state index contributed by atoms with van der Waals surface area (Å²) in [5, 5.41) is 5.07. The third kappa shape index (κ3) is 3.03. The SMILES string of the molecule is O=C(Oc1ccc2c(Cc3ccccc3)noc2c1)C1CCCO1. The van der Waals surface area contributed by atoms with Crippen LogP contribution in [0.4, 0.5) is 0 Å². The van der Waals surface area contributed by atoms with Crippen molar-refractivity contribution >= 4 is 16.9 Å². The highest BCUT2D eigenvalue weighted by Gasteiger charge is 2.25. The van der Waals surface area contributed by atoms with Crippen LogP contribution in [0.25, 0.3) is 11.0 Å². The molecule has 1 atom stereocenters. The van der Waals surface area contributed by atoms with Gasteiger partial charge in [-0.1, -0.05) is 35.5 Å². The molecule has 0 spiro atoms.